The van der Waals surface area contributed by atoms with Gasteiger partial charge in [-0.3, -0.25) is 0 Å². The first kappa shape index (κ1) is 11.9. The van der Waals surface area contributed by atoms with Crippen LogP contribution in [0.2, 0.25) is 0 Å². The number of hydrogen-bond donors (Lipinski definition) is 1. The number of hydrogen-bond acceptors (Lipinski definition) is 2. The van der Waals surface area contributed by atoms with E-state index in [0.717, 1.165) is 6.42 Å². The van der Waals surface area contributed by atoms with E-state index < -0.39 is 0 Å². The molecule has 0 amide bonds. The molecule has 2 nitrogen and oxygen atoms in total. The van der Waals surface area contributed by atoms with Crippen LogP contribution in [0.15, 0.2) is 24.3 Å². The third kappa shape index (κ3) is 2.11. The minimum atomic E-state index is 0.135. The molecule has 4 aliphatic rings. The Morgan fingerprint density at radius 1 is 0.895 bits per heavy atom. The Bertz CT molecular complexity index is 451. The summed E-state index contributed by atoms with van der Waals surface area (Å²) >= 11 is 0. The van der Waals surface area contributed by atoms with E-state index in [9.17, 15) is 0 Å². The van der Waals surface area contributed by atoms with Crippen molar-refractivity contribution in [3.05, 3.63) is 35.4 Å². The minimum Gasteiger partial charge on any atom is -0.325 e. The highest BCUT2D eigenvalue weighted by Gasteiger charge is 2.41. The predicted molar refractivity (Wildman–Crippen MR) is 78.3 cm³/mol. The van der Waals surface area contributed by atoms with Crippen LogP contribution in [-0.2, 0) is 11.8 Å². The maximum absolute atomic E-state index is 6.21. The third-order valence-electron chi connectivity index (χ3n) is 5.73. The van der Waals surface area contributed by atoms with Gasteiger partial charge in [-0.1, -0.05) is 24.3 Å². The maximum Gasteiger partial charge on any atom is 0.0196 e. The highest BCUT2D eigenvalue weighted by atomic mass is 15.1. The summed E-state index contributed by atoms with van der Waals surface area (Å²) in [6.45, 7) is 3.90. The minimum absolute atomic E-state index is 0.135. The summed E-state index contributed by atoms with van der Waals surface area (Å²) in [6.07, 6.45) is 7.53. The van der Waals surface area contributed by atoms with Crippen molar-refractivity contribution in [2.75, 3.05) is 19.6 Å². The molecule has 1 saturated carbocycles. The zero-order valence-electron chi connectivity index (χ0n) is 11.7. The first-order valence-corrected chi connectivity index (χ1v) is 7.78. The van der Waals surface area contributed by atoms with Crippen molar-refractivity contribution < 1.29 is 0 Å². The summed E-state index contributed by atoms with van der Waals surface area (Å²) in [4.78, 5) is 2.61. The Labute approximate surface area is 116 Å². The number of rotatable bonds is 3. The molecule has 2 bridgehead atoms. The molecule has 5 rings (SSSR count). The summed E-state index contributed by atoms with van der Waals surface area (Å²) in [7, 11) is 0. The van der Waals surface area contributed by atoms with E-state index in [2.05, 4.69) is 29.2 Å². The third-order valence-corrected chi connectivity index (χ3v) is 5.73. The fourth-order valence-corrected chi connectivity index (χ4v) is 3.98. The van der Waals surface area contributed by atoms with Gasteiger partial charge in [0.1, 0.15) is 0 Å². The standard InChI is InChI=1S/C17H24N2/c18-17(5-6-17)13-14-1-3-15(4-2-14)16-7-10-19(11-8-16)12-9-16/h1-4H,5-13,18H2. The van der Waals surface area contributed by atoms with E-state index in [1.165, 1.54) is 57.3 Å². The summed E-state index contributed by atoms with van der Waals surface area (Å²) in [5, 5.41) is 0. The normalized spacial score (nSPS) is 35.3. The van der Waals surface area contributed by atoms with E-state index in [4.69, 9.17) is 5.73 Å². The first-order chi connectivity index (χ1) is 9.18. The Hall–Kier alpha value is -0.860. The second-order valence-electron chi connectivity index (χ2n) is 7.11. The summed E-state index contributed by atoms with van der Waals surface area (Å²) in [5.74, 6) is 0. The Morgan fingerprint density at radius 3 is 2.00 bits per heavy atom. The van der Waals surface area contributed by atoms with Crippen LogP contribution in [0, 0.1) is 0 Å². The molecule has 2 N–H and O–H groups in total. The smallest absolute Gasteiger partial charge is 0.0196 e. The number of nitrogens with two attached hydrogens (primary N) is 1. The molecule has 4 fully saturated rings. The molecule has 19 heavy (non-hydrogen) atoms. The largest absolute Gasteiger partial charge is 0.325 e. The van der Waals surface area contributed by atoms with Crippen molar-refractivity contribution in [2.24, 2.45) is 5.73 Å². The molecule has 3 saturated heterocycles. The second kappa shape index (κ2) is 4.07. The molecule has 0 atom stereocenters. The van der Waals surface area contributed by atoms with Crippen LogP contribution >= 0.6 is 0 Å². The molecular formula is C17H24N2. The summed E-state index contributed by atoms with van der Waals surface area (Å²) < 4.78 is 0. The predicted octanol–water partition coefficient (Wildman–Crippen LogP) is 2.46. The van der Waals surface area contributed by atoms with Crippen molar-refractivity contribution in [3.8, 4) is 0 Å². The fraction of sp³-hybridized carbons (Fsp3) is 0.647. The van der Waals surface area contributed by atoms with E-state index >= 15 is 0 Å². The molecular weight excluding hydrogens is 232 g/mol. The first-order valence-electron chi connectivity index (χ1n) is 7.78. The molecule has 102 valence electrons. The summed E-state index contributed by atoms with van der Waals surface area (Å²) in [5.41, 5.74) is 9.85. The summed E-state index contributed by atoms with van der Waals surface area (Å²) in [6, 6.07) is 9.44. The van der Waals surface area contributed by atoms with Gasteiger partial charge < -0.3 is 10.6 Å². The van der Waals surface area contributed by atoms with E-state index in [-0.39, 0.29) is 5.54 Å². The molecule has 0 spiro atoms. The van der Waals surface area contributed by atoms with Crippen LogP contribution in [0.5, 0.6) is 0 Å². The number of nitrogens with zero attached hydrogens (tertiary/aromatic N) is 1. The Kier molecular flexibility index (Phi) is 2.55. The lowest BCUT2D eigenvalue weighted by atomic mass is 9.67. The molecule has 1 aliphatic carbocycles. The van der Waals surface area contributed by atoms with Gasteiger partial charge in [-0.2, -0.15) is 0 Å². The molecule has 0 aromatic heterocycles. The zero-order valence-corrected chi connectivity index (χ0v) is 11.7. The van der Waals surface area contributed by atoms with Crippen LogP contribution in [0.4, 0.5) is 0 Å². The van der Waals surface area contributed by atoms with Crippen molar-refractivity contribution in [3.63, 3.8) is 0 Å². The van der Waals surface area contributed by atoms with Gasteiger partial charge in [0.15, 0.2) is 0 Å². The number of benzene rings is 1. The average Bonchev–Trinajstić information content (AvgIpc) is 3.19. The van der Waals surface area contributed by atoms with Crippen LogP contribution < -0.4 is 5.73 Å². The fourth-order valence-electron chi connectivity index (χ4n) is 3.98. The molecule has 2 heteroatoms. The van der Waals surface area contributed by atoms with Crippen LogP contribution in [0.25, 0.3) is 0 Å². The molecule has 1 aromatic rings. The van der Waals surface area contributed by atoms with Crippen molar-refractivity contribution in [1.82, 2.24) is 4.90 Å². The topological polar surface area (TPSA) is 29.3 Å². The van der Waals surface area contributed by atoms with E-state index in [1.54, 1.807) is 5.56 Å². The molecule has 3 aliphatic heterocycles. The van der Waals surface area contributed by atoms with Crippen molar-refractivity contribution in [2.45, 2.75) is 49.5 Å². The van der Waals surface area contributed by atoms with Gasteiger partial charge in [-0.25, -0.2) is 0 Å². The van der Waals surface area contributed by atoms with E-state index in [1.807, 2.05) is 0 Å². The van der Waals surface area contributed by atoms with Gasteiger partial charge >= 0.3 is 0 Å². The Morgan fingerprint density at radius 2 is 1.47 bits per heavy atom. The van der Waals surface area contributed by atoms with Crippen LogP contribution in [0.1, 0.15) is 43.2 Å². The molecule has 0 unspecified atom stereocenters. The van der Waals surface area contributed by atoms with E-state index in [0.29, 0.717) is 5.41 Å². The van der Waals surface area contributed by atoms with Gasteiger partial charge in [0.2, 0.25) is 0 Å². The molecule has 3 heterocycles. The van der Waals surface area contributed by atoms with Gasteiger partial charge in [0.25, 0.3) is 0 Å². The lowest BCUT2D eigenvalue weighted by Crippen LogP contribution is -2.50. The highest BCUT2D eigenvalue weighted by molar-refractivity contribution is 5.32. The highest BCUT2D eigenvalue weighted by Crippen LogP contribution is 2.43. The Balaban J connectivity index is 1.55. The average molecular weight is 256 g/mol. The van der Waals surface area contributed by atoms with Gasteiger partial charge in [-0.15, -0.1) is 0 Å². The lowest BCUT2D eigenvalue weighted by Gasteiger charge is -2.49. The molecule has 0 radical (unpaired) electrons. The van der Waals surface area contributed by atoms with Gasteiger partial charge in [0.05, 0.1) is 0 Å². The number of piperidine rings is 3. The van der Waals surface area contributed by atoms with Crippen LogP contribution in [-0.4, -0.2) is 30.1 Å². The maximum atomic E-state index is 6.21. The quantitative estimate of drug-likeness (QED) is 0.900. The zero-order chi connectivity index (χ0) is 12.9. The molecule has 1 aromatic carbocycles. The second-order valence-corrected chi connectivity index (χ2v) is 7.11. The van der Waals surface area contributed by atoms with Crippen molar-refractivity contribution in [1.29, 1.82) is 0 Å². The van der Waals surface area contributed by atoms with Crippen LogP contribution in [0.3, 0.4) is 0 Å². The van der Waals surface area contributed by atoms with Gasteiger partial charge in [0, 0.05) is 5.54 Å². The van der Waals surface area contributed by atoms with Crippen molar-refractivity contribution >= 4 is 0 Å². The lowest BCUT2D eigenvalue weighted by molar-refractivity contribution is 0.0818. The SMILES string of the molecule is NC1(Cc2ccc(C34CCN(CC3)CC4)cc2)CC1. The monoisotopic (exact) mass is 256 g/mol. The van der Waals surface area contributed by atoms with Gasteiger partial charge in [-0.05, 0) is 74.7 Å². The number of fused-ring (bicyclic) bond motifs is 3.